The lowest BCUT2D eigenvalue weighted by molar-refractivity contribution is 0.864. The zero-order valence-electron chi connectivity index (χ0n) is 18.1. The van der Waals surface area contributed by atoms with Crippen molar-refractivity contribution in [2.45, 2.75) is 26.7 Å². The molecule has 0 unspecified atom stereocenters. The molecule has 5 aromatic rings. The Morgan fingerprint density at radius 2 is 1.42 bits per heavy atom. The predicted octanol–water partition coefficient (Wildman–Crippen LogP) is 8.73. The second-order valence-corrected chi connectivity index (χ2v) is 9.34. The minimum atomic E-state index is 0.478. The first-order valence-electron chi connectivity index (χ1n) is 10.8. The number of aryl methyl sites for hydroxylation is 1. The van der Waals surface area contributed by atoms with Crippen molar-refractivity contribution in [1.82, 2.24) is 4.98 Å². The highest BCUT2D eigenvalue weighted by Gasteiger charge is 2.17. The highest BCUT2D eigenvalue weighted by molar-refractivity contribution is 7.23. The van der Waals surface area contributed by atoms with Crippen molar-refractivity contribution in [3.8, 4) is 32.8 Å². The quantitative estimate of drug-likeness (QED) is 0.284. The molecule has 2 heteroatoms. The first-order chi connectivity index (χ1) is 15.1. The topological polar surface area (TPSA) is 12.9 Å². The van der Waals surface area contributed by atoms with Gasteiger partial charge < -0.3 is 0 Å². The van der Waals surface area contributed by atoms with Gasteiger partial charge >= 0.3 is 0 Å². The molecular formula is C29H25NS. The summed E-state index contributed by atoms with van der Waals surface area (Å²) in [5, 5.41) is 1.32. The minimum absolute atomic E-state index is 0.478. The number of thiophene rings is 1. The van der Waals surface area contributed by atoms with E-state index in [1.807, 2.05) is 17.5 Å². The standard InChI is InChI=1S/C29H25NS/c1-19(2)23-14-15-30-27(18-23)24-16-25-20(3)28(22-12-8-5-9-13-22)31-29(25)26(17-24)21-10-6-4-7-11-21/h4-19H,1-3H3. The fourth-order valence-electron chi connectivity index (χ4n) is 4.13. The van der Waals surface area contributed by atoms with Crippen LogP contribution >= 0.6 is 11.3 Å². The Bertz CT molecular complexity index is 1350. The van der Waals surface area contributed by atoms with Crippen molar-refractivity contribution in [3.63, 3.8) is 0 Å². The molecule has 0 aliphatic carbocycles. The Labute approximate surface area is 188 Å². The lowest BCUT2D eigenvalue weighted by Gasteiger charge is -2.11. The maximum atomic E-state index is 4.73. The van der Waals surface area contributed by atoms with Crippen LogP contribution < -0.4 is 0 Å². The SMILES string of the molecule is Cc1c(-c2ccccc2)sc2c(-c3ccccc3)cc(-c3cc(C(C)C)ccn3)cc12. The summed E-state index contributed by atoms with van der Waals surface area (Å²) in [7, 11) is 0. The Kier molecular flexibility index (Phi) is 5.17. The molecule has 0 N–H and O–H groups in total. The summed E-state index contributed by atoms with van der Waals surface area (Å²) in [6, 6.07) is 30.4. The van der Waals surface area contributed by atoms with Crippen LogP contribution in [-0.2, 0) is 0 Å². The van der Waals surface area contributed by atoms with Gasteiger partial charge in [-0.25, -0.2) is 0 Å². The van der Waals surface area contributed by atoms with E-state index >= 15 is 0 Å². The van der Waals surface area contributed by atoms with Crippen LogP contribution in [0.2, 0.25) is 0 Å². The second kappa shape index (κ2) is 8.13. The average molecular weight is 420 g/mol. The summed E-state index contributed by atoms with van der Waals surface area (Å²) >= 11 is 1.89. The Morgan fingerprint density at radius 1 is 0.742 bits per heavy atom. The molecule has 0 radical (unpaired) electrons. The molecule has 152 valence electrons. The molecular weight excluding hydrogens is 394 g/mol. The van der Waals surface area contributed by atoms with Gasteiger partial charge in [0, 0.05) is 26.9 Å². The van der Waals surface area contributed by atoms with Crippen LogP contribution in [-0.4, -0.2) is 4.98 Å². The predicted molar refractivity (Wildman–Crippen MR) is 135 cm³/mol. The van der Waals surface area contributed by atoms with Gasteiger partial charge in [0.05, 0.1) is 5.69 Å². The van der Waals surface area contributed by atoms with Gasteiger partial charge in [-0.2, -0.15) is 0 Å². The van der Waals surface area contributed by atoms with Crippen molar-refractivity contribution in [2.75, 3.05) is 0 Å². The van der Waals surface area contributed by atoms with Gasteiger partial charge in [-0.05, 0) is 64.7 Å². The summed E-state index contributed by atoms with van der Waals surface area (Å²) in [5.41, 5.74) is 8.67. The third kappa shape index (κ3) is 3.68. The maximum Gasteiger partial charge on any atom is 0.0705 e. The summed E-state index contributed by atoms with van der Waals surface area (Å²) in [6.45, 7) is 6.71. The van der Waals surface area contributed by atoms with Crippen molar-refractivity contribution >= 4 is 21.4 Å². The van der Waals surface area contributed by atoms with Gasteiger partial charge in [-0.15, -0.1) is 11.3 Å². The van der Waals surface area contributed by atoms with Gasteiger partial charge in [-0.3, -0.25) is 4.98 Å². The summed E-state index contributed by atoms with van der Waals surface area (Å²) < 4.78 is 1.34. The average Bonchev–Trinajstić information content (AvgIpc) is 3.16. The molecule has 0 fully saturated rings. The molecule has 0 spiro atoms. The molecule has 5 rings (SSSR count). The van der Waals surface area contributed by atoms with Gasteiger partial charge in [0.15, 0.2) is 0 Å². The number of fused-ring (bicyclic) bond motifs is 1. The van der Waals surface area contributed by atoms with E-state index in [0.717, 1.165) is 5.69 Å². The van der Waals surface area contributed by atoms with E-state index in [0.29, 0.717) is 5.92 Å². The van der Waals surface area contributed by atoms with E-state index in [2.05, 4.69) is 106 Å². The van der Waals surface area contributed by atoms with Crippen molar-refractivity contribution in [1.29, 1.82) is 0 Å². The number of nitrogens with zero attached hydrogens (tertiary/aromatic N) is 1. The van der Waals surface area contributed by atoms with Crippen LogP contribution in [0.15, 0.2) is 91.1 Å². The maximum absolute atomic E-state index is 4.73. The molecule has 0 saturated carbocycles. The largest absolute Gasteiger partial charge is 0.256 e. The second-order valence-electron chi connectivity index (χ2n) is 8.32. The van der Waals surface area contributed by atoms with Gasteiger partial charge in [0.25, 0.3) is 0 Å². The molecule has 2 aromatic heterocycles. The highest BCUT2D eigenvalue weighted by Crippen LogP contribution is 2.44. The summed E-state index contributed by atoms with van der Waals surface area (Å²) in [6.07, 6.45) is 1.94. The van der Waals surface area contributed by atoms with E-state index in [1.165, 1.54) is 48.3 Å². The van der Waals surface area contributed by atoms with E-state index in [1.54, 1.807) is 0 Å². The number of hydrogen-bond acceptors (Lipinski definition) is 2. The Balaban J connectivity index is 1.79. The minimum Gasteiger partial charge on any atom is -0.256 e. The zero-order chi connectivity index (χ0) is 21.4. The number of pyridine rings is 1. The van der Waals surface area contributed by atoms with Crippen LogP contribution in [0, 0.1) is 6.92 Å². The van der Waals surface area contributed by atoms with Crippen LogP contribution in [0.1, 0.15) is 30.9 Å². The first kappa shape index (κ1) is 19.7. The van der Waals surface area contributed by atoms with Gasteiger partial charge in [-0.1, -0.05) is 74.5 Å². The molecule has 0 aliphatic rings. The molecule has 1 nitrogen and oxygen atoms in total. The van der Waals surface area contributed by atoms with Crippen LogP contribution in [0.25, 0.3) is 42.9 Å². The Morgan fingerprint density at radius 3 is 2.10 bits per heavy atom. The van der Waals surface area contributed by atoms with Crippen LogP contribution in [0.5, 0.6) is 0 Å². The third-order valence-corrected chi connectivity index (χ3v) is 7.29. The zero-order valence-corrected chi connectivity index (χ0v) is 18.9. The van der Waals surface area contributed by atoms with Crippen LogP contribution in [0.4, 0.5) is 0 Å². The fraction of sp³-hybridized carbons (Fsp3) is 0.138. The molecule has 0 atom stereocenters. The highest BCUT2D eigenvalue weighted by atomic mass is 32.1. The first-order valence-corrected chi connectivity index (χ1v) is 11.6. The smallest absolute Gasteiger partial charge is 0.0705 e. The van der Waals surface area contributed by atoms with Crippen molar-refractivity contribution in [3.05, 3.63) is 102 Å². The van der Waals surface area contributed by atoms with E-state index in [-0.39, 0.29) is 0 Å². The van der Waals surface area contributed by atoms with E-state index < -0.39 is 0 Å². The van der Waals surface area contributed by atoms with E-state index in [9.17, 15) is 0 Å². The number of benzene rings is 3. The lowest BCUT2D eigenvalue weighted by atomic mass is 9.95. The van der Waals surface area contributed by atoms with E-state index in [4.69, 9.17) is 4.98 Å². The van der Waals surface area contributed by atoms with Crippen molar-refractivity contribution < 1.29 is 0 Å². The molecule has 0 amide bonds. The summed E-state index contributed by atoms with van der Waals surface area (Å²) in [5.74, 6) is 0.478. The molecule has 0 saturated heterocycles. The molecule has 0 bridgehead atoms. The molecule has 3 aromatic carbocycles. The molecule has 0 aliphatic heterocycles. The molecule has 31 heavy (non-hydrogen) atoms. The third-order valence-electron chi connectivity index (χ3n) is 5.90. The fourth-order valence-corrected chi connectivity index (χ4v) is 5.46. The number of hydrogen-bond donors (Lipinski definition) is 0. The van der Waals surface area contributed by atoms with Crippen molar-refractivity contribution in [2.24, 2.45) is 0 Å². The number of aromatic nitrogens is 1. The Hall–Kier alpha value is -3.23. The number of rotatable bonds is 4. The van der Waals surface area contributed by atoms with Crippen LogP contribution in [0.3, 0.4) is 0 Å². The lowest BCUT2D eigenvalue weighted by Crippen LogP contribution is -1.91. The van der Waals surface area contributed by atoms with Gasteiger partial charge in [0.2, 0.25) is 0 Å². The summed E-state index contributed by atoms with van der Waals surface area (Å²) in [4.78, 5) is 6.07. The monoisotopic (exact) mass is 419 g/mol. The molecule has 2 heterocycles. The van der Waals surface area contributed by atoms with Gasteiger partial charge in [0.1, 0.15) is 0 Å². The normalized spacial score (nSPS) is 11.4.